The van der Waals surface area contributed by atoms with Crippen LogP contribution in [0.15, 0.2) is 18.2 Å². The van der Waals surface area contributed by atoms with E-state index >= 15 is 0 Å². The largest absolute Gasteiger partial charge is 0.496 e. The SMILES string of the molecule is COc1cccc(F)c1C(=O)N1CCC(C)(O)C1. The zero-order valence-electron chi connectivity index (χ0n) is 10.4. The number of β-amino-alcohol motifs (C(OH)–C–C–N with tert-alkyl or cyclic N) is 1. The van der Waals surface area contributed by atoms with Crippen molar-refractivity contribution >= 4 is 5.91 Å². The third-order valence-electron chi connectivity index (χ3n) is 3.15. The van der Waals surface area contributed by atoms with E-state index in [-0.39, 0.29) is 17.9 Å². The zero-order valence-corrected chi connectivity index (χ0v) is 10.4. The number of benzene rings is 1. The van der Waals surface area contributed by atoms with Crippen molar-refractivity contribution in [3.8, 4) is 5.75 Å². The van der Waals surface area contributed by atoms with E-state index in [2.05, 4.69) is 0 Å². The lowest BCUT2D eigenvalue weighted by atomic mass is 10.1. The molecule has 0 aliphatic carbocycles. The van der Waals surface area contributed by atoms with Gasteiger partial charge in [0.25, 0.3) is 5.91 Å². The first-order valence-electron chi connectivity index (χ1n) is 5.79. The van der Waals surface area contributed by atoms with Gasteiger partial charge in [0.05, 0.1) is 12.7 Å². The minimum Gasteiger partial charge on any atom is -0.496 e. The summed E-state index contributed by atoms with van der Waals surface area (Å²) >= 11 is 0. The van der Waals surface area contributed by atoms with E-state index in [1.54, 1.807) is 13.0 Å². The number of halogens is 1. The number of rotatable bonds is 2. The van der Waals surface area contributed by atoms with Gasteiger partial charge >= 0.3 is 0 Å². The molecule has 1 atom stereocenters. The van der Waals surface area contributed by atoms with Gasteiger partial charge in [-0.05, 0) is 25.5 Å². The highest BCUT2D eigenvalue weighted by molar-refractivity contribution is 5.97. The molecule has 2 rings (SSSR count). The molecule has 0 radical (unpaired) electrons. The van der Waals surface area contributed by atoms with Crippen molar-refractivity contribution in [3.63, 3.8) is 0 Å². The first-order chi connectivity index (χ1) is 8.44. The molecule has 1 saturated heterocycles. The van der Waals surface area contributed by atoms with Gasteiger partial charge in [-0.2, -0.15) is 0 Å². The zero-order chi connectivity index (χ0) is 13.3. The molecule has 1 aromatic rings. The summed E-state index contributed by atoms with van der Waals surface area (Å²) in [4.78, 5) is 13.7. The molecule has 1 amide bonds. The van der Waals surface area contributed by atoms with Crippen molar-refractivity contribution in [2.75, 3.05) is 20.2 Å². The maximum absolute atomic E-state index is 13.7. The van der Waals surface area contributed by atoms with E-state index in [9.17, 15) is 14.3 Å². The molecule has 1 aliphatic heterocycles. The minimum atomic E-state index is -0.895. The second kappa shape index (κ2) is 4.57. The summed E-state index contributed by atoms with van der Waals surface area (Å²) in [7, 11) is 1.39. The van der Waals surface area contributed by atoms with Crippen molar-refractivity contribution in [2.45, 2.75) is 18.9 Å². The Labute approximate surface area is 105 Å². The maximum Gasteiger partial charge on any atom is 0.260 e. The predicted octanol–water partition coefficient (Wildman–Crippen LogP) is 1.43. The molecule has 0 bridgehead atoms. The summed E-state index contributed by atoms with van der Waals surface area (Å²) in [5.41, 5.74) is -0.966. The fourth-order valence-electron chi connectivity index (χ4n) is 2.16. The fraction of sp³-hybridized carbons (Fsp3) is 0.462. The van der Waals surface area contributed by atoms with Gasteiger partial charge in [0.15, 0.2) is 0 Å². The van der Waals surface area contributed by atoms with E-state index in [1.807, 2.05) is 0 Å². The van der Waals surface area contributed by atoms with Crippen molar-refractivity contribution < 1.29 is 19.0 Å². The van der Waals surface area contributed by atoms with Crippen LogP contribution in [0.25, 0.3) is 0 Å². The van der Waals surface area contributed by atoms with Crippen molar-refractivity contribution in [2.24, 2.45) is 0 Å². The Morgan fingerprint density at radius 3 is 2.83 bits per heavy atom. The van der Waals surface area contributed by atoms with Crippen LogP contribution in [0.2, 0.25) is 0 Å². The molecule has 1 aromatic carbocycles. The quantitative estimate of drug-likeness (QED) is 0.867. The lowest BCUT2D eigenvalue weighted by Gasteiger charge is -2.20. The number of aliphatic hydroxyl groups is 1. The second-order valence-electron chi connectivity index (χ2n) is 4.79. The van der Waals surface area contributed by atoms with Crippen LogP contribution in [0.3, 0.4) is 0 Å². The van der Waals surface area contributed by atoms with Gasteiger partial charge in [0.1, 0.15) is 17.1 Å². The molecule has 1 aliphatic rings. The molecule has 0 spiro atoms. The van der Waals surface area contributed by atoms with Gasteiger partial charge in [0.2, 0.25) is 0 Å². The van der Waals surface area contributed by atoms with Crippen LogP contribution in [0.1, 0.15) is 23.7 Å². The molecule has 1 heterocycles. The molecule has 1 N–H and O–H groups in total. The van der Waals surface area contributed by atoms with Crippen molar-refractivity contribution in [1.29, 1.82) is 0 Å². The van der Waals surface area contributed by atoms with Gasteiger partial charge < -0.3 is 14.7 Å². The van der Waals surface area contributed by atoms with Crippen LogP contribution in [0, 0.1) is 5.82 Å². The average Bonchev–Trinajstić information content (AvgIpc) is 2.68. The summed E-state index contributed by atoms with van der Waals surface area (Å²) in [6, 6.07) is 4.26. The topological polar surface area (TPSA) is 49.8 Å². The lowest BCUT2D eigenvalue weighted by Crippen LogP contribution is -2.34. The van der Waals surface area contributed by atoms with E-state index < -0.39 is 17.3 Å². The maximum atomic E-state index is 13.7. The van der Waals surface area contributed by atoms with Crippen LogP contribution in [-0.4, -0.2) is 41.7 Å². The summed E-state index contributed by atoms with van der Waals surface area (Å²) in [5.74, 6) is -0.833. The van der Waals surface area contributed by atoms with Gasteiger partial charge in [-0.25, -0.2) is 4.39 Å². The summed E-state index contributed by atoms with van der Waals surface area (Å²) < 4.78 is 18.8. The fourth-order valence-corrected chi connectivity index (χ4v) is 2.16. The highest BCUT2D eigenvalue weighted by Crippen LogP contribution is 2.27. The minimum absolute atomic E-state index is 0.0716. The predicted molar refractivity (Wildman–Crippen MR) is 64.1 cm³/mol. The number of carbonyl (C=O) groups excluding carboxylic acids is 1. The molecule has 18 heavy (non-hydrogen) atoms. The van der Waals surface area contributed by atoms with E-state index in [0.29, 0.717) is 13.0 Å². The van der Waals surface area contributed by atoms with Crippen LogP contribution >= 0.6 is 0 Å². The number of hydrogen-bond donors (Lipinski definition) is 1. The number of amides is 1. The third-order valence-corrected chi connectivity index (χ3v) is 3.15. The first kappa shape index (κ1) is 12.8. The van der Waals surface area contributed by atoms with Crippen LogP contribution in [0.5, 0.6) is 5.75 Å². The van der Waals surface area contributed by atoms with Gasteiger partial charge in [-0.15, -0.1) is 0 Å². The Morgan fingerprint density at radius 1 is 1.56 bits per heavy atom. The molecule has 98 valence electrons. The van der Waals surface area contributed by atoms with Crippen LogP contribution < -0.4 is 4.74 Å². The normalized spacial score (nSPS) is 23.2. The monoisotopic (exact) mass is 253 g/mol. The van der Waals surface area contributed by atoms with Crippen molar-refractivity contribution in [1.82, 2.24) is 4.90 Å². The number of nitrogens with zero attached hydrogens (tertiary/aromatic N) is 1. The van der Waals surface area contributed by atoms with Gasteiger partial charge in [0, 0.05) is 13.1 Å². The Morgan fingerprint density at radius 2 is 2.28 bits per heavy atom. The van der Waals surface area contributed by atoms with Crippen LogP contribution in [-0.2, 0) is 0 Å². The summed E-state index contributed by atoms with van der Waals surface area (Å²) in [6.45, 7) is 2.30. The molecule has 1 unspecified atom stereocenters. The number of likely N-dealkylation sites (tertiary alicyclic amines) is 1. The third kappa shape index (κ3) is 2.31. The lowest BCUT2D eigenvalue weighted by molar-refractivity contribution is 0.0567. The average molecular weight is 253 g/mol. The highest BCUT2D eigenvalue weighted by atomic mass is 19.1. The Kier molecular flexibility index (Phi) is 3.26. The number of carbonyl (C=O) groups is 1. The second-order valence-corrected chi connectivity index (χ2v) is 4.79. The molecule has 1 fully saturated rings. The smallest absolute Gasteiger partial charge is 0.260 e. The van der Waals surface area contributed by atoms with Gasteiger partial charge in [-0.3, -0.25) is 4.79 Å². The van der Waals surface area contributed by atoms with Gasteiger partial charge in [-0.1, -0.05) is 6.07 Å². The Balaban J connectivity index is 2.30. The van der Waals surface area contributed by atoms with Crippen molar-refractivity contribution in [3.05, 3.63) is 29.6 Å². The summed E-state index contributed by atoms with van der Waals surface area (Å²) in [6.07, 6.45) is 0.496. The molecule has 5 heteroatoms. The number of ether oxygens (including phenoxy) is 1. The molecule has 0 aromatic heterocycles. The number of hydrogen-bond acceptors (Lipinski definition) is 3. The molecular weight excluding hydrogens is 237 g/mol. The molecule has 0 saturated carbocycles. The standard InChI is InChI=1S/C13H16FNO3/c1-13(17)6-7-15(8-13)12(16)11-9(14)4-3-5-10(11)18-2/h3-5,17H,6-8H2,1-2H3. The Hall–Kier alpha value is -1.62. The summed E-state index contributed by atoms with van der Waals surface area (Å²) in [5, 5.41) is 9.84. The van der Waals surface area contributed by atoms with Crippen LogP contribution in [0.4, 0.5) is 4.39 Å². The highest BCUT2D eigenvalue weighted by Gasteiger charge is 2.36. The van der Waals surface area contributed by atoms with E-state index in [4.69, 9.17) is 4.74 Å². The first-order valence-corrected chi connectivity index (χ1v) is 5.79. The molecule has 4 nitrogen and oxygen atoms in total. The van der Waals surface area contributed by atoms with E-state index in [0.717, 1.165) is 0 Å². The number of methoxy groups -OCH3 is 1. The van der Waals surface area contributed by atoms with E-state index in [1.165, 1.54) is 24.1 Å². The molecular formula is C13H16FNO3. The Bertz CT molecular complexity index is 473.